The first-order valence-corrected chi connectivity index (χ1v) is 6.32. The summed E-state index contributed by atoms with van der Waals surface area (Å²) in [5.74, 6) is 2.76. The van der Waals surface area contributed by atoms with Crippen LogP contribution >= 0.6 is 0 Å². The fourth-order valence-electron chi connectivity index (χ4n) is 2.70. The van der Waals surface area contributed by atoms with Crippen molar-refractivity contribution in [2.24, 2.45) is 17.8 Å². The summed E-state index contributed by atoms with van der Waals surface area (Å²) in [5, 5.41) is 0. The van der Waals surface area contributed by atoms with E-state index >= 15 is 0 Å². The molecule has 0 aromatic heterocycles. The largest absolute Gasteiger partial charge is 0.299 e. The minimum Gasteiger partial charge on any atom is -0.299 e. The van der Waals surface area contributed by atoms with Gasteiger partial charge in [-0.2, -0.15) is 0 Å². The predicted octanol–water partition coefficient (Wildman–Crippen LogP) is 3.57. The molecule has 0 aliphatic heterocycles. The predicted molar refractivity (Wildman–Crippen MR) is 58.1 cm³/mol. The SMILES string of the molecule is CCC1CCC(CC(=O)C2CC2)CC1. The molecule has 0 N–H and O–H groups in total. The number of carbonyl (C=O) groups excluding carboxylic acids is 1. The van der Waals surface area contributed by atoms with Gasteiger partial charge in [0, 0.05) is 12.3 Å². The molecule has 0 heterocycles. The second-order valence-electron chi connectivity index (χ2n) is 5.24. The normalized spacial score (nSPS) is 32.9. The smallest absolute Gasteiger partial charge is 0.136 e. The van der Waals surface area contributed by atoms with Crippen LogP contribution in [0.4, 0.5) is 0 Å². The molecule has 80 valence electrons. The second kappa shape index (κ2) is 4.46. The van der Waals surface area contributed by atoms with Gasteiger partial charge in [0.15, 0.2) is 0 Å². The third-order valence-corrected chi connectivity index (χ3v) is 4.07. The minimum atomic E-state index is 0.485. The molecule has 0 saturated heterocycles. The van der Waals surface area contributed by atoms with Gasteiger partial charge in [-0.05, 0) is 37.5 Å². The van der Waals surface area contributed by atoms with E-state index < -0.39 is 0 Å². The van der Waals surface area contributed by atoms with Crippen LogP contribution in [0.2, 0.25) is 0 Å². The van der Waals surface area contributed by atoms with Gasteiger partial charge >= 0.3 is 0 Å². The maximum absolute atomic E-state index is 11.6. The molecule has 0 atom stereocenters. The summed E-state index contributed by atoms with van der Waals surface area (Å²) in [7, 11) is 0. The Kier molecular flexibility index (Phi) is 3.25. The molecule has 1 nitrogen and oxygen atoms in total. The molecule has 0 spiro atoms. The fraction of sp³-hybridized carbons (Fsp3) is 0.923. The van der Waals surface area contributed by atoms with Gasteiger partial charge in [0.05, 0.1) is 0 Å². The van der Waals surface area contributed by atoms with E-state index in [9.17, 15) is 4.79 Å². The Morgan fingerprint density at radius 2 is 1.57 bits per heavy atom. The average molecular weight is 194 g/mol. The van der Waals surface area contributed by atoms with Gasteiger partial charge in [0.1, 0.15) is 5.78 Å². The van der Waals surface area contributed by atoms with Crippen LogP contribution in [-0.4, -0.2) is 5.78 Å². The Morgan fingerprint density at radius 3 is 2.07 bits per heavy atom. The molecule has 0 bridgehead atoms. The van der Waals surface area contributed by atoms with Crippen LogP contribution in [-0.2, 0) is 4.79 Å². The third-order valence-electron chi connectivity index (χ3n) is 4.07. The first-order chi connectivity index (χ1) is 6.79. The van der Waals surface area contributed by atoms with Crippen LogP contribution in [0, 0.1) is 17.8 Å². The lowest BCUT2D eigenvalue weighted by Gasteiger charge is -2.27. The van der Waals surface area contributed by atoms with E-state index in [0.717, 1.165) is 18.3 Å². The summed E-state index contributed by atoms with van der Waals surface area (Å²) in [6.45, 7) is 2.29. The summed E-state index contributed by atoms with van der Waals surface area (Å²) in [4.78, 5) is 11.6. The van der Waals surface area contributed by atoms with E-state index in [1.165, 1.54) is 44.9 Å². The van der Waals surface area contributed by atoms with Crippen LogP contribution in [0.5, 0.6) is 0 Å². The summed E-state index contributed by atoms with van der Waals surface area (Å²) in [5.41, 5.74) is 0. The highest BCUT2D eigenvalue weighted by Crippen LogP contribution is 2.37. The molecule has 2 fully saturated rings. The molecule has 2 aliphatic rings. The van der Waals surface area contributed by atoms with Crippen LogP contribution in [0.1, 0.15) is 58.3 Å². The van der Waals surface area contributed by atoms with Gasteiger partial charge < -0.3 is 0 Å². The van der Waals surface area contributed by atoms with E-state index in [2.05, 4.69) is 6.92 Å². The van der Waals surface area contributed by atoms with Crippen molar-refractivity contribution >= 4 is 5.78 Å². The van der Waals surface area contributed by atoms with Crippen LogP contribution < -0.4 is 0 Å². The van der Waals surface area contributed by atoms with Crippen LogP contribution in [0.15, 0.2) is 0 Å². The van der Waals surface area contributed by atoms with E-state index in [0.29, 0.717) is 11.7 Å². The molecule has 0 unspecified atom stereocenters. The zero-order valence-corrected chi connectivity index (χ0v) is 9.30. The molecular formula is C13H22O. The molecule has 2 rings (SSSR count). The van der Waals surface area contributed by atoms with Gasteiger partial charge in [0.2, 0.25) is 0 Å². The Morgan fingerprint density at radius 1 is 1.00 bits per heavy atom. The lowest BCUT2D eigenvalue weighted by Crippen LogP contribution is -2.17. The van der Waals surface area contributed by atoms with Crippen molar-refractivity contribution in [2.75, 3.05) is 0 Å². The number of ketones is 1. The number of hydrogen-bond acceptors (Lipinski definition) is 1. The number of carbonyl (C=O) groups is 1. The number of rotatable bonds is 4. The van der Waals surface area contributed by atoms with Crippen molar-refractivity contribution in [3.63, 3.8) is 0 Å². The lowest BCUT2D eigenvalue weighted by atomic mass is 9.78. The molecule has 0 radical (unpaired) electrons. The average Bonchev–Trinajstić information content (AvgIpc) is 3.02. The molecular weight excluding hydrogens is 172 g/mol. The Labute approximate surface area is 87.3 Å². The van der Waals surface area contributed by atoms with Gasteiger partial charge in [-0.1, -0.05) is 26.2 Å². The van der Waals surface area contributed by atoms with Crippen molar-refractivity contribution in [3.8, 4) is 0 Å². The van der Waals surface area contributed by atoms with Gasteiger partial charge in [-0.25, -0.2) is 0 Å². The van der Waals surface area contributed by atoms with Crippen molar-refractivity contribution in [3.05, 3.63) is 0 Å². The van der Waals surface area contributed by atoms with E-state index in [4.69, 9.17) is 0 Å². The Hall–Kier alpha value is -0.330. The van der Waals surface area contributed by atoms with Gasteiger partial charge in [0.25, 0.3) is 0 Å². The highest BCUT2D eigenvalue weighted by molar-refractivity contribution is 5.83. The zero-order valence-electron chi connectivity index (χ0n) is 9.30. The van der Waals surface area contributed by atoms with Crippen molar-refractivity contribution in [2.45, 2.75) is 58.3 Å². The Balaban J connectivity index is 1.69. The molecule has 1 heteroatoms. The van der Waals surface area contributed by atoms with Gasteiger partial charge in [-0.15, -0.1) is 0 Å². The highest BCUT2D eigenvalue weighted by atomic mass is 16.1. The van der Waals surface area contributed by atoms with Crippen LogP contribution in [0.3, 0.4) is 0 Å². The molecule has 2 aliphatic carbocycles. The van der Waals surface area contributed by atoms with Crippen molar-refractivity contribution in [1.29, 1.82) is 0 Å². The van der Waals surface area contributed by atoms with Gasteiger partial charge in [-0.3, -0.25) is 4.79 Å². The summed E-state index contributed by atoms with van der Waals surface area (Å²) >= 11 is 0. The first kappa shape index (κ1) is 10.2. The molecule has 0 aromatic carbocycles. The quantitative estimate of drug-likeness (QED) is 0.668. The van der Waals surface area contributed by atoms with Crippen molar-refractivity contribution < 1.29 is 4.79 Å². The molecule has 0 amide bonds. The summed E-state index contributed by atoms with van der Waals surface area (Å²) in [6.07, 6.45) is 9.99. The second-order valence-corrected chi connectivity index (χ2v) is 5.24. The van der Waals surface area contributed by atoms with E-state index in [1.54, 1.807) is 0 Å². The highest BCUT2D eigenvalue weighted by Gasteiger charge is 2.31. The zero-order chi connectivity index (χ0) is 9.97. The van der Waals surface area contributed by atoms with Crippen molar-refractivity contribution in [1.82, 2.24) is 0 Å². The Bertz CT molecular complexity index is 197. The molecule has 14 heavy (non-hydrogen) atoms. The monoisotopic (exact) mass is 194 g/mol. The summed E-state index contributed by atoms with van der Waals surface area (Å²) in [6, 6.07) is 0. The lowest BCUT2D eigenvalue weighted by molar-refractivity contribution is -0.121. The summed E-state index contributed by atoms with van der Waals surface area (Å²) < 4.78 is 0. The molecule has 2 saturated carbocycles. The van der Waals surface area contributed by atoms with Crippen LogP contribution in [0.25, 0.3) is 0 Å². The first-order valence-electron chi connectivity index (χ1n) is 6.32. The maximum atomic E-state index is 11.6. The number of Topliss-reactive ketones (excluding diaryl/α,β-unsaturated/α-hetero) is 1. The molecule has 0 aromatic rings. The fourth-order valence-corrected chi connectivity index (χ4v) is 2.70. The maximum Gasteiger partial charge on any atom is 0.136 e. The van der Waals surface area contributed by atoms with E-state index in [1.807, 2.05) is 0 Å². The minimum absolute atomic E-state index is 0.485. The number of hydrogen-bond donors (Lipinski definition) is 0. The topological polar surface area (TPSA) is 17.1 Å². The third kappa shape index (κ3) is 2.59. The van der Waals surface area contributed by atoms with E-state index in [-0.39, 0.29) is 0 Å². The standard InChI is InChI=1S/C13H22O/c1-2-10-3-5-11(6-4-10)9-13(14)12-7-8-12/h10-12H,2-9H2,1H3.